The second kappa shape index (κ2) is 6.95. The Morgan fingerprint density at radius 2 is 1.89 bits per heavy atom. The van der Waals surface area contributed by atoms with E-state index >= 15 is 0 Å². The summed E-state index contributed by atoms with van der Waals surface area (Å²) in [5, 5.41) is 3.28. The first-order valence-electron chi connectivity index (χ1n) is 7.80. The number of aryl methyl sites for hydroxylation is 2. The van der Waals surface area contributed by atoms with Crippen molar-refractivity contribution in [1.29, 1.82) is 0 Å². The van der Waals surface area contributed by atoms with Crippen LogP contribution in [-0.2, 0) is 12.8 Å². The number of nitrogens with one attached hydrogen (secondary N) is 1. The van der Waals surface area contributed by atoms with Crippen LogP contribution in [0.2, 0.25) is 0 Å². The van der Waals surface area contributed by atoms with Gasteiger partial charge in [-0.15, -0.1) is 0 Å². The standard InChI is InChI=1S/C17H28N2/c1-4-15-7-6-8-16(5-2)17(15)19-12-10-14(13-19)9-11-18-3/h6-8,14,18H,4-5,9-13H2,1-3H3. The molecule has 1 atom stereocenters. The van der Waals surface area contributed by atoms with Crippen molar-refractivity contribution in [2.24, 2.45) is 5.92 Å². The number of anilines is 1. The molecule has 1 aliphatic rings. The van der Waals surface area contributed by atoms with Crippen LogP contribution in [0, 0.1) is 5.92 Å². The molecule has 1 saturated heterocycles. The van der Waals surface area contributed by atoms with E-state index in [1.807, 2.05) is 7.05 Å². The Hall–Kier alpha value is -1.02. The van der Waals surface area contributed by atoms with Crippen LogP contribution in [0.15, 0.2) is 18.2 Å². The number of nitrogens with zero attached hydrogens (tertiary/aromatic N) is 1. The molecule has 0 aliphatic carbocycles. The molecule has 0 bridgehead atoms. The van der Waals surface area contributed by atoms with Gasteiger partial charge in [-0.05, 0) is 56.3 Å². The van der Waals surface area contributed by atoms with Crippen molar-refractivity contribution < 1.29 is 0 Å². The molecule has 0 radical (unpaired) electrons. The van der Waals surface area contributed by atoms with Gasteiger partial charge in [0.25, 0.3) is 0 Å². The lowest BCUT2D eigenvalue weighted by molar-refractivity contribution is 0.521. The predicted molar refractivity (Wildman–Crippen MR) is 84.1 cm³/mol. The second-order valence-corrected chi connectivity index (χ2v) is 5.62. The highest BCUT2D eigenvalue weighted by Gasteiger charge is 2.24. The molecule has 1 heterocycles. The average molecular weight is 260 g/mol. The highest BCUT2D eigenvalue weighted by Crippen LogP contribution is 2.32. The molecule has 2 rings (SSSR count). The largest absolute Gasteiger partial charge is 0.371 e. The van der Waals surface area contributed by atoms with Crippen molar-refractivity contribution in [3.05, 3.63) is 29.3 Å². The number of hydrogen-bond acceptors (Lipinski definition) is 2. The van der Waals surface area contributed by atoms with Gasteiger partial charge < -0.3 is 10.2 Å². The van der Waals surface area contributed by atoms with Crippen LogP contribution >= 0.6 is 0 Å². The summed E-state index contributed by atoms with van der Waals surface area (Å²) in [5.41, 5.74) is 4.58. The lowest BCUT2D eigenvalue weighted by atomic mass is 10.0. The van der Waals surface area contributed by atoms with E-state index in [0.29, 0.717) is 0 Å². The van der Waals surface area contributed by atoms with Gasteiger partial charge in [-0.2, -0.15) is 0 Å². The minimum Gasteiger partial charge on any atom is -0.371 e. The van der Waals surface area contributed by atoms with Crippen molar-refractivity contribution in [3.63, 3.8) is 0 Å². The highest BCUT2D eigenvalue weighted by atomic mass is 15.2. The summed E-state index contributed by atoms with van der Waals surface area (Å²) in [6, 6.07) is 6.82. The van der Waals surface area contributed by atoms with Crippen LogP contribution in [0.1, 0.15) is 37.8 Å². The molecule has 1 unspecified atom stereocenters. The quantitative estimate of drug-likeness (QED) is 0.844. The van der Waals surface area contributed by atoms with E-state index in [1.165, 1.54) is 37.1 Å². The van der Waals surface area contributed by atoms with Gasteiger partial charge in [0.2, 0.25) is 0 Å². The topological polar surface area (TPSA) is 15.3 Å². The molecule has 2 heteroatoms. The van der Waals surface area contributed by atoms with Gasteiger partial charge in [-0.3, -0.25) is 0 Å². The molecule has 1 aliphatic heterocycles. The minimum absolute atomic E-state index is 0.863. The van der Waals surface area contributed by atoms with E-state index in [4.69, 9.17) is 0 Å². The smallest absolute Gasteiger partial charge is 0.0431 e. The molecule has 106 valence electrons. The minimum atomic E-state index is 0.863. The fraction of sp³-hybridized carbons (Fsp3) is 0.647. The van der Waals surface area contributed by atoms with Gasteiger partial charge in [0.05, 0.1) is 0 Å². The first-order valence-corrected chi connectivity index (χ1v) is 7.80. The molecule has 1 fully saturated rings. The zero-order chi connectivity index (χ0) is 13.7. The van der Waals surface area contributed by atoms with Crippen LogP contribution in [0.4, 0.5) is 5.69 Å². The Labute approximate surface area is 118 Å². The van der Waals surface area contributed by atoms with Gasteiger partial charge in [0, 0.05) is 18.8 Å². The lowest BCUT2D eigenvalue weighted by Crippen LogP contribution is -2.23. The molecular formula is C17H28N2. The fourth-order valence-electron chi connectivity index (χ4n) is 3.24. The summed E-state index contributed by atoms with van der Waals surface area (Å²) in [7, 11) is 2.05. The monoisotopic (exact) mass is 260 g/mol. The van der Waals surface area contributed by atoms with E-state index < -0.39 is 0 Å². The number of para-hydroxylation sites is 1. The van der Waals surface area contributed by atoms with Gasteiger partial charge >= 0.3 is 0 Å². The summed E-state index contributed by atoms with van der Waals surface area (Å²) in [6.07, 6.45) is 4.94. The Kier molecular flexibility index (Phi) is 5.26. The fourth-order valence-corrected chi connectivity index (χ4v) is 3.24. The van der Waals surface area contributed by atoms with Gasteiger partial charge in [0.1, 0.15) is 0 Å². The molecular weight excluding hydrogens is 232 g/mol. The summed E-state index contributed by atoms with van der Waals surface area (Å²) in [5.74, 6) is 0.863. The maximum absolute atomic E-state index is 3.28. The first-order chi connectivity index (χ1) is 9.30. The summed E-state index contributed by atoms with van der Waals surface area (Å²) in [4.78, 5) is 2.64. The molecule has 0 aromatic heterocycles. The molecule has 1 aromatic rings. The Balaban J connectivity index is 2.14. The maximum Gasteiger partial charge on any atom is 0.0431 e. The first kappa shape index (κ1) is 14.4. The van der Waals surface area contributed by atoms with Crippen LogP contribution in [0.3, 0.4) is 0 Å². The van der Waals surface area contributed by atoms with Gasteiger partial charge in [-0.1, -0.05) is 32.0 Å². The third kappa shape index (κ3) is 3.30. The highest BCUT2D eigenvalue weighted by molar-refractivity contribution is 5.60. The van der Waals surface area contributed by atoms with Crippen LogP contribution in [-0.4, -0.2) is 26.7 Å². The molecule has 1 aromatic carbocycles. The van der Waals surface area contributed by atoms with Gasteiger partial charge in [-0.25, -0.2) is 0 Å². The predicted octanol–water partition coefficient (Wildman–Crippen LogP) is 3.25. The van der Waals surface area contributed by atoms with E-state index in [0.717, 1.165) is 25.3 Å². The Bertz CT molecular complexity index is 378. The maximum atomic E-state index is 3.28. The number of benzene rings is 1. The van der Waals surface area contributed by atoms with Crippen molar-refractivity contribution in [3.8, 4) is 0 Å². The van der Waals surface area contributed by atoms with Crippen LogP contribution in [0.5, 0.6) is 0 Å². The third-order valence-corrected chi connectivity index (χ3v) is 4.37. The van der Waals surface area contributed by atoms with E-state index in [2.05, 4.69) is 42.3 Å². The molecule has 2 nitrogen and oxygen atoms in total. The number of hydrogen-bond donors (Lipinski definition) is 1. The SMILES string of the molecule is CCc1cccc(CC)c1N1CCC(CCNC)C1. The van der Waals surface area contributed by atoms with Crippen molar-refractivity contribution in [2.75, 3.05) is 31.6 Å². The Morgan fingerprint density at radius 3 is 2.47 bits per heavy atom. The average Bonchev–Trinajstić information content (AvgIpc) is 2.92. The number of rotatable bonds is 6. The Morgan fingerprint density at radius 1 is 1.21 bits per heavy atom. The third-order valence-electron chi connectivity index (χ3n) is 4.37. The van der Waals surface area contributed by atoms with Crippen LogP contribution in [0.25, 0.3) is 0 Å². The molecule has 1 N–H and O–H groups in total. The zero-order valence-electron chi connectivity index (χ0n) is 12.7. The normalized spacial score (nSPS) is 19.1. The molecule has 0 amide bonds. The van der Waals surface area contributed by atoms with Gasteiger partial charge in [0.15, 0.2) is 0 Å². The van der Waals surface area contributed by atoms with E-state index in [-0.39, 0.29) is 0 Å². The second-order valence-electron chi connectivity index (χ2n) is 5.62. The van der Waals surface area contributed by atoms with E-state index in [1.54, 1.807) is 5.69 Å². The van der Waals surface area contributed by atoms with Crippen LogP contribution < -0.4 is 10.2 Å². The van der Waals surface area contributed by atoms with Crippen molar-refractivity contribution in [1.82, 2.24) is 5.32 Å². The molecule has 0 saturated carbocycles. The van der Waals surface area contributed by atoms with E-state index in [9.17, 15) is 0 Å². The zero-order valence-corrected chi connectivity index (χ0v) is 12.7. The summed E-state index contributed by atoms with van der Waals surface area (Å²) in [6.45, 7) is 8.16. The van der Waals surface area contributed by atoms with Crippen molar-refractivity contribution >= 4 is 5.69 Å². The van der Waals surface area contributed by atoms with Crippen molar-refractivity contribution in [2.45, 2.75) is 39.5 Å². The molecule has 0 spiro atoms. The summed E-state index contributed by atoms with van der Waals surface area (Å²) >= 11 is 0. The summed E-state index contributed by atoms with van der Waals surface area (Å²) < 4.78 is 0. The lowest BCUT2D eigenvalue weighted by Gasteiger charge is -2.25. The molecule has 19 heavy (non-hydrogen) atoms.